The molecule has 2 heterocycles. The van der Waals surface area contributed by atoms with Crippen molar-refractivity contribution >= 4 is 33.4 Å². The van der Waals surface area contributed by atoms with Crippen LogP contribution in [0.1, 0.15) is 29.9 Å². The van der Waals surface area contributed by atoms with Crippen LogP contribution in [0.25, 0.3) is 10.2 Å². The van der Waals surface area contributed by atoms with Gasteiger partial charge in [0.1, 0.15) is 22.8 Å². The summed E-state index contributed by atoms with van der Waals surface area (Å²) in [6, 6.07) is 11.3. The summed E-state index contributed by atoms with van der Waals surface area (Å²) >= 11 is 1.49. The van der Waals surface area contributed by atoms with E-state index in [0.717, 1.165) is 21.5 Å². The molecular weight excluding hydrogens is 364 g/mol. The number of rotatable bonds is 8. The molecule has 0 radical (unpaired) electrons. The lowest BCUT2D eigenvalue weighted by molar-refractivity contribution is -0.121. The number of hydrogen-bond acceptors (Lipinski definition) is 5. The lowest BCUT2D eigenvalue weighted by Crippen LogP contribution is -2.28. The Kier molecular flexibility index (Phi) is 6.13. The van der Waals surface area contributed by atoms with E-state index in [1.54, 1.807) is 17.6 Å². The van der Waals surface area contributed by atoms with Crippen LogP contribution >= 0.6 is 11.3 Å². The first-order valence-corrected chi connectivity index (χ1v) is 9.72. The smallest absolute Gasteiger partial charge is 0.355 e. The molecule has 7 heteroatoms. The number of fused-ring (bicyclic) bond motifs is 1. The van der Waals surface area contributed by atoms with Gasteiger partial charge < -0.3 is 19.4 Å². The monoisotopic (exact) mass is 386 g/mol. The third-order valence-electron chi connectivity index (χ3n) is 4.01. The largest absolute Gasteiger partial charge is 0.494 e. The van der Waals surface area contributed by atoms with Gasteiger partial charge in [-0.25, -0.2) is 4.79 Å². The highest BCUT2D eigenvalue weighted by molar-refractivity contribution is 7.16. The van der Waals surface area contributed by atoms with Crippen molar-refractivity contribution in [3.05, 3.63) is 53.0 Å². The van der Waals surface area contributed by atoms with Crippen molar-refractivity contribution in [1.82, 2.24) is 9.88 Å². The summed E-state index contributed by atoms with van der Waals surface area (Å²) < 4.78 is 12.2. The second-order valence-electron chi connectivity index (χ2n) is 5.87. The van der Waals surface area contributed by atoms with Crippen LogP contribution in [-0.4, -0.2) is 29.7 Å². The second-order valence-corrected chi connectivity index (χ2v) is 6.77. The van der Waals surface area contributed by atoms with Gasteiger partial charge in [-0.2, -0.15) is 0 Å². The number of amides is 1. The lowest BCUT2D eigenvalue weighted by Gasteiger charge is -2.10. The van der Waals surface area contributed by atoms with Gasteiger partial charge in [0.05, 0.1) is 13.2 Å². The van der Waals surface area contributed by atoms with Crippen molar-refractivity contribution < 1.29 is 19.1 Å². The summed E-state index contributed by atoms with van der Waals surface area (Å²) in [4.78, 5) is 25.5. The van der Waals surface area contributed by atoms with Crippen molar-refractivity contribution in [1.29, 1.82) is 0 Å². The predicted molar refractivity (Wildman–Crippen MR) is 105 cm³/mol. The van der Waals surface area contributed by atoms with Crippen molar-refractivity contribution in [2.24, 2.45) is 0 Å². The lowest BCUT2D eigenvalue weighted by atomic mass is 10.2. The zero-order chi connectivity index (χ0) is 19.2. The molecule has 27 heavy (non-hydrogen) atoms. The molecule has 0 aliphatic carbocycles. The number of ether oxygens (including phenoxy) is 2. The second kappa shape index (κ2) is 8.73. The Bertz CT molecular complexity index is 927. The molecule has 0 atom stereocenters. The molecule has 0 bridgehead atoms. The first-order valence-electron chi connectivity index (χ1n) is 8.84. The molecule has 3 rings (SSSR count). The normalized spacial score (nSPS) is 10.7. The van der Waals surface area contributed by atoms with Gasteiger partial charge in [-0.1, -0.05) is 12.1 Å². The van der Waals surface area contributed by atoms with Gasteiger partial charge in [0.25, 0.3) is 0 Å². The quantitative estimate of drug-likeness (QED) is 0.601. The molecule has 3 aromatic rings. The van der Waals surface area contributed by atoms with Crippen LogP contribution in [0.15, 0.2) is 41.8 Å². The summed E-state index contributed by atoms with van der Waals surface area (Å²) in [5.41, 5.74) is 1.38. The van der Waals surface area contributed by atoms with E-state index in [4.69, 9.17) is 9.47 Å². The molecule has 0 aliphatic rings. The van der Waals surface area contributed by atoms with Gasteiger partial charge in [0.2, 0.25) is 5.91 Å². The minimum Gasteiger partial charge on any atom is -0.494 e. The molecule has 0 unspecified atom stereocenters. The van der Waals surface area contributed by atoms with Crippen LogP contribution in [0.5, 0.6) is 5.75 Å². The molecule has 2 aromatic heterocycles. The minimum absolute atomic E-state index is 0.0647. The Balaban J connectivity index is 1.67. The molecule has 1 amide bonds. The standard InChI is InChI=1S/C20H22N2O4S/c1-3-25-16-7-5-14(6-8-16)12-21-18(23)13-22-17(20(24)26-4-2)11-15-9-10-27-19(15)22/h5-11H,3-4,12-13H2,1-2H3,(H,21,23). The number of hydrogen-bond donors (Lipinski definition) is 1. The van der Waals surface area contributed by atoms with Gasteiger partial charge in [-0.15, -0.1) is 11.3 Å². The van der Waals surface area contributed by atoms with E-state index in [-0.39, 0.29) is 12.5 Å². The van der Waals surface area contributed by atoms with Crippen molar-refractivity contribution in [3.8, 4) is 5.75 Å². The van der Waals surface area contributed by atoms with Crippen LogP contribution in [0.4, 0.5) is 0 Å². The Morgan fingerprint density at radius 3 is 2.59 bits per heavy atom. The third kappa shape index (κ3) is 4.49. The summed E-state index contributed by atoms with van der Waals surface area (Å²) in [7, 11) is 0. The highest BCUT2D eigenvalue weighted by Crippen LogP contribution is 2.26. The number of esters is 1. The first kappa shape index (κ1) is 19.0. The zero-order valence-corrected chi connectivity index (χ0v) is 16.2. The molecule has 0 fully saturated rings. The maximum atomic E-state index is 12.4. The molecule has 0 saturated carbocycles. The highest BCUT2D eigenvalue weighted by Gasteiger charge is 2.19. The number of carbonyl (C=O) groups is 2. The fourth-order valence-corrected chi connectivity index (χ4v) is 3.67. The molecule has 0 saturated heterocycles. The molecule has 0 spiro atoms. The van der Waals surface area contributed by atoms with E-state index in [2.05, 4.69) is 5.32 Å². The first-order chi connectivity index (χ1) is 13.1. The number of aromatic nitrogens is 1. The minimum atomic E-state index is -0.416. The number of nitrogens with one attached hydrogen (secondary N) is 1. The van der Waals surface area contributed by atoms with Crippen LogP contribution in [-0.2, 0) is 22.6 Å². The van der Waals surface area contributed by atoms with Crippen LogP contribution < -0.4 is 10.1 Å². The van der Waals surface area contributed by atoms with Gasteiger partial charge in [0.15, 0.2) is 0 Å². The van der Waals surface area contributed by atoms with Crippen molar-refractivity contribution in [2.45, 2.75) is 26.9 Å². The number of thiophene rings is 1. The van der Waals surface area contributed by atoms with Gasteiger partial charge in [-0.05, 0) is 49.1 Å². The number of carbonyl (C=O) groups excluding carboxylic acids is 2. The van der Waals surface area contributed by atoms with E-state index in [1.165, 1.54) is 11.3 Å². The van der Waals surface area contributed by atoms with Gasteiger partial charge >= 0.3 is 5.97 Å². The third-order valence-corrected chi connectivity index (χ3v) is 4.96. The summed E-state index contributed by atoms with van der Waals surface area (Å²) in [6.07, 6.45) is 0. The van der Waals surface area contributed by atoms with E-state index in [1.807, 2.05) is 42.6 Å². The molecule has 0 aliphatic heterocycles. The average molecular weight is 386 g/mol. The highest BCUT2D eigenvalue weighted by atomic mass is 32.1. The van der Waals surface area contributed by atoms with Gasteiger partial charge in [0, 0.05) is 11.9 Å². The zero-order valence-electron chi connectivity index (χ0n) is 15.4. The van der Waals surface area contributed by atoms with Crippen LogP contribution in [0.3, 0.4) is 0 Å². The van der Waals surface area contributed by atoms with E-state index >= 15 is 0 Å². The molecule has 6 nitrogen and oxygen atoms in total. The maximum Gasteiger partial charge on any atom is 0.355 e. The van der Waals surface area contributed by atoms with Crippen LogP contribution in [0, 0.1) is 0 Å². The molecule has 1 aromatic carbocycles. The fourth-order valence-electron chi connectivity index (χ4n) is 2.78. The SMILES string of the molecule is CCOC(=O)c1cc2ccsc2n1CC(=O)NCc1ccc(OCC)cc1. The van der Waals surface area contributed by atoms with Crippen molar-refractivity contribution in [3.63, 3.8) is 0 Å². The van der Waals surface area contributed by atoms with Crippen LogP contribution in [0.2, 0.25) is 0 Å². The topological polar surface area (TPSA) is 69.6 Å². The Labute approximate surface area is 161 Å². The van der Waals surface area contributed by atoms with Gasteiger partial charge in [-0.3, -0.25) is 4.79 Å². The molecular formula is C20H22N2O4S. The number of nitrogens with zero attached hydrogens (tertiary/aromatic N) is 1. The Morgan fingerprint density at radius 1 is 1.11 bits per heavy atom. The van der Waals surface area contributed by atoms with E-state index < -0.39 is 5.97 Å². The summed E-state index contributed by atoms with van der Waals surface area (Å²) in [6.45, 7) is 5.08. The molecule has 1 N–H and O–H groups in total. The average Bonchev–Trinajstić information content (AvgIpc) is 3.24. The molecule has 142 valence electrons. The van der Waals surface area contributed by atoms with E-state index in [0.29, 0.717) is 25.5 Å². The number of benzene rings is 1. The van der Waals surface area contributed by atoms with Crippen molar-refractivity contribution in [2.75, 3.05) is 13.2 Å². The maximum absolute atomic E-state index is 12.4. The Hall–Kier alpha value is -2.80. The fraction of sp³-hybridized carbons (Fsp3) is 0.300. The Morgan fingerprint density at radius 2 is 1.89 bits per heavy atom. The predicted octanol–water partition coefficient (Wildman–Crippen LogP) is 3.59. The summed E-state index contributed by atoms with van der Waals surface area (Å²) in [5.74, 6) is 0.222. The summed E-state index contributed by atoms with van der Waals surface area (Å²) in [5, 5.41) is 5.77. The van der Waals surface area contributed by atoms with E-state index in [9.17, 15) is 9.59 Å².